The van der Waals surface area contributed by atoms with Crippen LogP contribution in [0.2, 0.25) is 0 Å². The number of carbonyl (C=O) groups is 1. The third-order valence-electron chi connectivity index (χ3n) is 5.71. The maximum atomic E-state index is 13.5. The number of ketones is 1. The molecule has 3 aliphatic rings. The van der Waals surface area contributed by atoms with Crippen LogP contribution in [0.1, 0.15) is 67.6 Å². The Kier molecular flexibility index (Phi) is 4.33. The molecule has 1 atom stereocenters. The number of dihydropyridines is 1. The van der Waals surface area contributed by atoms with Crippen LogP contribution < -0.4 is 5.32 Å². The fourth-order valence-corrected chi connectivity index (χ4v) is 4.52. The van der Waals surface area contributed by atoms with Gasteiger partial charge in [0, 0.05) is 29.3 Å². The van der Waals surface area contributed by atoms with Crippen LogP contribution in [0.25, 0.3) is 0 Å². The van der Waals surface area contributed by atoms with E-state index in [-0.39, 0.29) is 11.3 Å². The first kappa shape index (κ1) is 17.8. The van der Waals surface area contributed by atoms with E-state index in [0.717, 1.165) is 61.6 Å². The SMILES string of the molecule is N#Cc1ccc(C2C3=C(CCCC3)NC3=C2C(=O)CCC3)cc1C(F)(F)F. The van der Waals surface area contributed by atoms with Crippen molar-refractivity contribution in [3.8, 4) is 6.07 Å². The number of Topliss-reactive ketones (excluding diaryl/α,β-unsaturated/α-hetero) is 1. The second-order valence-electron chi connectivity index (χ2n) is 7.35. The molecule has 0 fully saturated rings. The molecule has 2 aliphatic carbocycles. The first-order valence-electron chi connectivity index (χ1n) is 9.26. The Hall–Kier alpha value is -2.55. The van der Waals surface area contributed by atoms with Gasteiger partial charge in [-0.15, -0.1) is 0 Å². The van der Waals surface area contributed by atoms with Crippen molar-refractivity contribution in [1.82, 2.24) is 5.32 Å². The number of carbonyl (C=O) groups excluding carboxylic acids is 1. The summed E-state index contributed by atoms with van der Waals surface area (Å²) in [6, 6.07) is 5.51. The van der Waals surface area contributed by atoms with Gasteiger partial charge in [0.1, 0.15) is 0 Å². The maximum Gasteiger partial charge on any atom is 0.417 e. The second-order valence-corrected chi connectivity index (χ2v) is 7.35. The molecule has 0 amide bonds. The van der Waals surface area contributed by atoms with E-state index in [0.29, 0.717) is 17.6 Å². The lowest BCUT2D eigenvalue weighted by Crippen LogP contribution is -2.33. The number of allylic oxidation sites excluding steroid dienone is 4. The van der Waals surface area contributed by atoms with Crippen LogP contribution in [-0.2, 0) is 11.0 Å². The lowest BCUT2D eigenvalue weighted by molar-refractivity contribution is -0.137. The topological polar surface area (TPSA) is 52.9 Å². The minimum Gasteiger partial charge on any atom is -0.362 e. The molecule has 1 unspecified atom stereocenters. The van der Waals surface area contributed by atoms with E-state index in [9.17, 15) is 18.0 Å². The van der Waals surface area contributed by atoms with Gasteiger partial charge in [0.25, 0.3) is 0 Å². The molecule has 1 aromatic rings. The summed E-state index contributed by atoms with van der Waals surface area (Å²) in [5.74, 6) is -0.415. The number of rotatable bonds is 1. The molecule has 0 bridgehead atoms. The number of hydrogen-bond acceptors (Lipinski definition) is 3. The zero-order valence-corrected chi connectivity index (χ0v) is 14.7. The van der Waals surface area contributed by atoms with Gasteiger partial charge in [0.15, 0.2) is 5.78 Å². The van der Waals surface area contributed by atoms with Crippen molar-refractivity contribution in [1.29, 1.82) is 5.26 Å². The van der Waals surface area contributed by atoms with Crippen molar-refractivity contribution in [2.45, 2.75) is 57.0 Å². The predicted octanol–water partition coefficient (Wildman–Crippen LogP) is 5.10. The van der Waals surface area contributed by atoms with Crippen molar-refractivity contribution < 1.29 is 18.0 Å². The molecule has 0 radical (unpaired) electrons. The van der Waals surface area contributed by atoms with E-state index in [1.807, 2.05) is 0 Å². The number of nitrogens with zero attached hydrogens (tertiary/aromatic N) is 1. The molecule has 3 nitrogen and oxygen atoms in total. The largest absolute Gasteiger partial charge is 0.417 e. The lowest BCUT2D eigenvalue weighted by Gasteiger charge is -2.38. The van der Waals surface area contributed by atoms with Crippen LogP contribution in [0.3, 0.4) is 0 Å². The lowest BCUT2D eigenvalue weighted by atomic mass is 9.72. The van der Waals surface area contributed by atoms with Crippen LogP contribution in [0.5, 0.6) is 0 Å². The minimum atomic E-state index is -4.61. The Bertz CT molecular complexity index is 918. The molecule has 1 aromatic carbocycles. The molecule has 0 saturated heterocycles. The zero-order chi connectivity index (χ0) is 19.2. The summed E-state index contributed by atoms with van der Waals surface area (Å²) in [5.41, 5.74) is 2.74. The van der Waals surface area contributed by atoms with Crippen molar-refractivity contribution in [2.24, 2.45) is 0 Å². The zero-order valence-electron chi connectivity index (χ0n) is 14.7. The number of halogens is 3. The molecule has 1 aliphatic heterocycles. The molecule has 6 heteroatoms. The van der Waals surface area contributed by atoms with Gasteiger partial charge in [-0.05, 0) is 61.8 Å². The quantitative estimate of drug-likeness (QED) is 0.746. The summed E-state index contributed by atoms with van der Waals surface area (Å²) < 4.78 is 40.4. The maximum absolute atomic E-state index is 13.5. The van der Waals surface area contributed by atoms with Crippen LogP contribution >= 0.6 is 0 Å². The van der Waals surface area contributed by atoms with E-state index >= 15 is 0 Å². The van der Waals surface area contributed by atoms with Gasteiger partial charge in [-0.25, -0.2) is 0 Å². The first-order chi connectivity index (χ1) is 12.9. The Labute approximate surface area is 155 Å². The van der Waals surface area contributed by atoms with Gasteiger partial charge in [0.05, 0.1) is 17.2 Å². The van der Waals surface area contributed by atoms with E-state index in [4.69, 9.17) is 5.26 Å². The highest BCUT2D eigenvalue weighted by molar-refractivity contribution is 5.99. The van der Waals surface area contributed by atoms with Crippen molar-refractivity contribution in [3.05, 3.63) is 57.4 Å². The number of nitrogens with one attached hydrogen (secondary N) is 1. The van der Waals surface area contributed by atoms with E-state index in [1.54, 1.807) is 12.1 Å². The Balaban J connectivity index is 1.90. The summed E-state index contributed by atoms with van der Waals surface area (Å²) in [5, 5.41) is 12.5. The molecule has 1 heterocycles. The smallest absolute Gasteiger partial charge is 0.362 e. The predicted molar refractivity (Wildman–Crippen MR) is 93.4 cm³/mol. The van der Waals surface area contributed by atoms with Crippen molar-refractivity contribution in [2.75, 3.05) is 0 Å². The van der Waals surface area contributed by atoms with Crippen LogP contribution in [0.4, 0.5) is 13.2 Å². The fraction of sp³-hybridized carbons (Fsp3) is 0.429. The molecule has 0 spiro atoms. The average molecular weight is 372 g/mol. The molecular weight excluding hydrogens is 353 g/mol. The number of alkyl halides is 3. The van der Waals surface area contributed by atoms with Crippen LogP contribution in [0, 0.1) is 11.3 Å². The Morgan fingerprint density at radius 1 is 1.04 bits per heavy atom. The summed E-state index contributed by atoms with van der Waals surface area (Å²) in [6.45, 7) is 0. The van der Waals surface area contributed by atoms with Gasteiger partial charge >= 0.3 is 6.18 Å². The second kappa shape index (κ2) is 6.56. The average Bonchev–Trinajstić information content (AvgIpc) is 2.65. The number of nitriles is 1. The summed E-state index contributed by atoms with van der Waals surface area (Å²) in [6.07, 6.45) is 0.982. The highest BCUT2D eigenvalue weighted by Crippen LogP contribution is 2.47. The van der Waals surface area contributed by atoms with Crippen molar-refractivity contribution >= 4 is 5.78 Å². The van der Waals surface area contributed by atoms with E-state index in [2.05, 4.69) is 5.32 Å². The third kappa shape index (κ3) is 3.05. The summed E-state index contributed by atoms with van der Waals surface area (Å²) >= 11 is 0. The molecular formula is C21H19F3N2O. The van der Waals surface area contributed by atoms with Gasteiger partial charge < -0.3 is 5.32 Å². The van der Waals surface area contributed by atoms with Crippen LogP contribution in [-0.4, -0.2) is 5.78 Å². The monoisotopic (exact) mass is 372 g/mol. The highest BCUT2D eigenvalue weighted by atomic mass is 19.4. The molecule has 0 saturated carbocycles. The standard InChI is InChI=1S/C21H19F3N2O/c22-21(23,24)15-10-12(8-9-13(15)11-25)19-14-4-1-2-5-16(14)26-17-6-3-7-18(27)20(17)19/h8-10,19,26H,1-7H2. The fourth-order valence-electron chi connectivity index (χ4n) is 4.52. The Morgan fingerprint density at radius 3 is 2.52 bits per heavy atom. The summed E-state index contributed by atoms with van der Waals surface area (Å²) in [7, 11) is 0. The molecule has 1 N–H and O–H groups in total. The van der Waals surface area contributed by atoms with Crippen molar-refractivity contribution in [3.63, 3.8) is 0 Å². The van der Waals surface area contributed by atoms with Gasteiger partial charge in [-0.1, -0.05) is 6.07 Å². The molecule has 0 aromatic heterocycles. The number of benzene rings is 1. The normalized spacial score (nSPS) is 22.7. The van der Waals surface area contributed by atoms with E-state index < -0.39 is 17.7 Å². The minimum absolute atomic E-state index is 0.0174. The van der Waals surface area contributed by atoms with Gasteiger partial charge in [-0.2, -0.15) is 18.4 Å². The summed E-state index contributed by atoms with van der Waals surface area (Å²) in [4.78, 5) is 12.7. The highest BCUT2D eigenvalue weighted by Gasteiger charge is 2.39. The Morgan fingerprint density at radius 2 is 1.78 bits per heavy atom. The first-order valence-corrected chi connectivity index (χ1v) is 9.26. The molecule has 140 valence electrons. The van der Waals surface area contributed by atoms with E-state index in [1.165, 1.54) is 6.07 Å². The molecule has 4 rings (SSSR count). The number of hydrogen-bond donors (Lipinski definition) is 1. The molecule has 27 heavy (non-hydrogen) atoms. The van der Waals surface area contributed by atoms with Gasteiger partial charge in [-0.3, -0.25) is 4.79 Å². The third-order valence-corrected chi connectivity index (χ3v) is 5.71. The van der Waals surface area contributed by atoms with Crippen LogP contribution in [0.15, 0.2) is 40.7 Å². The van der Waals surface area contributed by atoms with Gasteiger partial charge in [0.2, 0.25) is 0 Å².